The molecule has 210 valence electrons. The fourth-order valence-electron chi connectivity index (χ4n) is 4.97. The van der Waals surface area contributed by atoms with E-state index < -0.39 is 0 Å². The van der Waals surface area contributed by atoms with Gasteiger partial charge in [0, 0.05) is 27.6 Å². The third kappa shape index (κ3) is 5.93. The van der Waals surface area contributed by atoms with Crippen LogP contribution in [-0.2, 0) is 4.79 Å². The van der Waals surface area contributed by atoms with E-state index in [9.17, 15) is 4.79 Å². The normalized spacial score (nSPS) is 16.2. The van der Waals surface area contributed by atoms with Crippen molar-refractivity contribution >= 4 is 50.5 Å². The van der Waals surface area contributed by atoms with Crippen LogP contribution in [0.4, 0.5) is 11.4 Å². The predicted octanol–water partition coefficient (Wildman–Crippen LogP) is 7.61. The molecular formula is C33H27BrN4O3S. The Morgan fingerprint density at radius 1 is 1.02 bits per heavy atom. The molecule has 0 radical (unpaired) electrons. The highest BCUT2D eigenvalue weighted by molar-refractivity contribution is 9.10. The van der Waals surface area contributed by atoms with Gasteiger partial charge in [0.1, 0.15) is 23.3 Å². The molecule has 42 heavy (non-hydrogen) atoms. The van der Waals surface area contributed by atoms with Crippen molar-refractivity contribution in [3.05, 3.63) is 131 Å². The number of hydrogen-bond donors (Lipinski definition) is 2. The summed E-state index contributed by atoms with van der Waals surface area (Å²) in [6.45, 7) is 1.97. The summed E-state index contributed by atoms with van der Waals surface area (Å²) in [4.78, 5) is 19.1. The van der Waals surface area contributed by atoms with Crippen molar-refractivity contribution in [1.29, 1.82) is 0 Å². The Morgan fingerprint density at radius 2 is 1.81 bits per heavy atom. The van der Waals surface area contributed by atoms with Crippen molar-refractivity contribution < 1.29 is 13.9 Å². The number of halogens is 1. The molecule has 2 aromatic heterocycles. The Hall–Kier alpha value is -4.47. The van der Waals surface area contributed by atoms with Gasteiger partial charge in [-0.1, -0.05) is 46.3 Å². The van der Waals surface area contributed by atoms with Crippen LogP contribution in [-0.4, -0.2) is 22.6 Å². The van der Waals surface area contributed by atoms with Crippen molar-refractivity contribution in [3.63, 3.8) is 0 Å². The molecule has 3 aromatic carbocycles. The zero-order valence-electron chi connectivity index (χ0n) is 22.7. The SMILES string of the molecule is Cc1ccc(-c2ccc(C3C(c4ccccn4)NC(=S)N3c3ccc(NC(=O)COc4ccccc4)cc3)o2)c(Br)c1. The molecule has 1 fully saturated rings. The molecule has 1 aliphatic heterocycles. The topological polar surface area (TPSA) is 79.6 Å². The molecule has 0 saturated carbocycles. The van der Waals surface area contributed by atoms with Crippen LogP contribution in [0.15, 0.2) is 118 Å². The summed E-state index contributed by atoms with van der Waals surface area (Å²) in [5.41, 5.74) is 4.49. The highest BCUT2D eigenvalue weighted by Crippen LogP contribution is 2.43. The summed E-state index contributed by atoms with van der Waals surface area (Å²) in [5, 5.41) is 6.89. The van der Waals surface area contributed by atoms with Gasteiger partial charge in [0.2, 0.25) is 0 Å². The number of para-hydroxylation sites is 1. The number of furan rings is 1. The maximum atomic E-state index is 12.5. The molecular weight excluding hydrogens is 612 g/mol. The third-order valence-corrected chi connectivity index (χ3v) is 7.92. The van der Waals surface area contributed by atoms with Crippen molar-refractivity contribution in [2.45, 2.75) is 19.0 Å². The first kappa shape index (κ1) is 27.7. The van der Waals surface area contributed by atoms with E-state index in [0.29, 0.717) is 16.5 Å². The molecule has 0 spiro atoms. The quantitative estimate of drug-likeness (QED) is 0.169. The van der Waals surface area contributed by atoms with Gasteiger partial charge in [0.05, 0.1) is 11.7 Å². The molecule has 1 saturated heterocycles. The second kappa shape index (κ2) is 12.2. The fraction of sp³-hybridized carbons (Fsp3) is 0.121. The molecule has 9 heteroatoms. The molecule has 5 aromatic rings. The Balaban J connectivity index is 1.26. The van der Waals surface area contributed by atoms with Crippen molar-refractivity contribution in [1.82, 2.24) is 10.3 Å². The second-order valence-corrected chi connectivity index (χ2v) is 11.1. The van der Waals surface area contributed by atoms with E-state index in [2.05, 4.69) is 50.6 Å². The van der Waals surface area contributed by atoms with Gasteiger partial charge in [-0.05, 0) is 97.5 Å². The first-order chi connectivity index (χ1) is 20.5. The Bertz CT molecular complexity index is 1710. The van der Waals surface area contributed by atoms with Crippen LogP contribution in [0.2, 0.25) is 0 Å². The average molecular weight is 640 g/mol. The lowest BCUT2D eigenvalue weighted by atomic mass is 10.0. The van der Waals surface area contributed by atoms with E-state index in [1.54, 1.807) is 6.20 Å². The highest BCUT2D eigenvalue weighted by atomic mass is 79.9. The molecule has 1 amide bonds. The second-order valence-electron chi connectivity index (χ2n) is 9.88. The number of aromatic nitrogens is 1. The number of amides is 1. The van der Waals surface area contributed by atoms with Gasteiger partial charge >= 0.3 is 0 Å². The lowest BCUT2D eigenvalue weighted by Gasteiger charge is -2.26. The molecule has 2 unspecified atom stereocenters. The van der Waals surface area contributed by atoms with Crippen molar-refractivity contribution in [2.75, 3.05) is 16.8 Å². The predicted molar refractivity (Wildman–Crippen MR) is 172 cm³/mol. The first-order valence-corrected chi connectivity index (χ1v) is 14.6. The minimum absolute atomic E-state index is 0.0857. The molecule has 0 aliphatic carbocycles. The number of anilines is 2. The number of pyridine rings is 1. The van der Waals surface area contributed by atoms with Gasteiger partial charge < -0.3 is 24.7 Å². The van der Waals surface area contributed by atoms with E-state index in [1.165, 1.54) is 0 Å². The smallest absolute Gasteiger partial charge is 0.262 e. The van der Waals surface area contributed by atoms with E-state index in [0.717, 1.165) is 38.5 Å². The Labute approximate surface area is 257 Å². The van der Waals surface area contributed by atoms with E-state index >= 15 is 0 Å². The number of ether oxygens (including phenoxy) is 1. The van der Waals surface area contributed by atoms with Crippen molar-refractivity contribution in [2.24, 2.45) is 0 Å². The summed E-state index contributed by atoms with van der Waals surface area (Å²) < 4.78 is 13.0. The highest BCUT2D eigenvalue weighted by Gasteiger charge is 2.42. The number of benzene rings is 3. The van der Waals surface area contributed by atoms with Gasteiger partial charge in [0.25, 0.3) is 5.91 Å². The summed E-state index contributed by atoms with van der Waals surface area (Å²) in [7, 11) is 0. The largest absolute Gasteiger partial charge is 0.484 e. The third-order valence-electron chi connectivity index (χ3n) is 6.95. The summed E-state index contributed by atoms with van der Waals surface area (Å²) in [5.74, 6) is 1.90. The fourth-order valence-corrected chi connectivity index (χ4v) is 6.00. The van der Waals surface area contributed by atoms with E-state index in [1.807, 2.05) is 95.9 Å². The number of hydrogen-bond acceptors (Lipinski definition) is 5. The van der Waals surface area contributed by atoms with Gasteiger partial charge in [-0.3, -0.25) is 9.78 Å². The van der Waals surface area contributed by atoms with Gasteiger partial charge in [-0.2, -0.15) is 0 Å². The van der Waals surface area contributed by atoms with Crippen LogP contribution in [0.1, 0.15) is 29.1 Å². The molecule has 0 bridgehead atoms. The van der Waals surface area contributed by atoms with Crippen LogP contribution < -0.4 is 20.3 Å². The molecule has 3 heterocycles. The minimum Gasteiger partial charge on any atom is -0.484 e. The van der Waals surface area contributed by atoms with E-state index in [4.69, 9.17) is 21.4 Å². The van der Waals surface area contributed by atoms with Crippen molar-refractivity contribution in [3.8, 4) is 17.1 Å². The molecule has 6 rings (SSSR count). The number of carbonyl (C=O) groups excluding carboxylic acids is 1. The number of thiocarbonyl (C=S) groups is 1. The molecule has 1 aliphatic rings. The lowest BCUT2D eigenvalue weighted by molar-refractivity contribution is -0.118. The summed E-state index contributed by atoms with van der Waals surface area (Å²) in [6.07, 6.45) is 1.77. The standard InChI is InChI=1S/C33H27BrN4O3S/c1-21-10-15-25(26(34)19-21)28-16-17-29(41-28)32-31(27-9-5-6-18-35-27)37-33(42)38(32)23-13-11-22(12-14-23)36-30(39)20-40-24-7-3-2-4-8-24/h2-19,31-32H,20H2,1H3,(H,36,39)(H,37,42). The molecule has 2 N–H and O–H groups in total. The van der Waals surface area contributed by atoms with Crippen LogP contribution in [0, 0.1) is 6.92 Å². The van der Waals surface area contributed by atoms with Gasteiger partial charge in [-0.15, -0.1) is 0 Å². The zero-order chi connectivity index (χ0) is 29.1. The molecule has 7 nitrogen and oxygen atoms in total. The lowest BCUT2D eigenvalue weighted by Crippen LogP contribution is -2.29. The number of carbonyl (C=O) groups is 1. The van der Waals surface area contributed by atoms with Gasteiger partial charge in [-0.25, -0.2) is 0 Å². The maximum absolute atomic E-state index is 12.5. The summed E-state index contributed by atoms with van der Waals surface area (Å²) >= 11 is 9.52. The minimum atomic E-state index is -0.301. The van der Waals surface area contributed by atoms with Crippen LogP contribution in [0.3, 0.4) is 0 Å². The number of rotatable bonds is 8. The number of nitrogens with zero attached hydrogens (tertiary/aromatic N) is 2. The monoisotopic (exact) mass is 638 g/mol. The first-order valence-electron chi connectivity index (χ1n) is 13.4. The van der Waals surface area contributed by atoms with Crippen LogP contribution in [0.5, 0.6) is 5.75 Å². The van der Waals surface area contributed by atoms with E-state index in [-0.39, 0.29) is 24.6 Å². The average Bonchev–Trinajstić information content (AvgIpc) is 3.62. The van der Waals surface area contributed by atoms with Crippen LogP contribution in [0.25, 0.3) is 11.3 Å². The summed E-state index contributed by atoms with van der Waals surface area (Å²) in [6, 6.07) is 32.2. The number of aryl methyl sites for hydroxylation is 1. The Kier molecular flexibility index (Phi) is 8.03. The zero-order valence-corrected chi connectivity index (χ0v) is 25.1. The number of nitrogens with one attached hydrogen (secondary N) is 2. The molecule has 2 atom stereocenters. The van der Waals surface area contributed by atoms with Crippen LogP contribution >= 0.6 is 28.1 Å². The van der Waals surface area contributed by atoms with Gasteiger partial charge in [0.15, 0.2) is 11.7 Å². The Morgan fingerprint density at radius 3 is 2.55 bits per heavy atom. The maximum Gasteiger partial charge on any atom is 0.262 e.